The van der Waals surface area contributed by atoms with E-state index in [9.17, 15) is 0 Å². The maximum absolute atomic E-state index is 6.09. The first-order valence-corrected chi connectivity index (χ1v) is 11.4. The molecule has 0 radical (unpaired) electrons. The monoisotopic (exact) mass is 415 g/mol. The van der Waals surface area contributed by atoms with Crippen molar-refractivity contribution in [2.24, 2.45) is 5.92 Å². The van der Waals surface area contributed by atoms with Crippen LogP contribution in [0.2, 0.25) is 0 Å². The average Bonchev–Trinajstić information content (AvgIpc) is 2.79. The van der Waals surface area contributed by atoms with Crippen molar-refractivity contribution < 1.29 is 4.74 Å². The molecule has 0 aromatic heterocycles. The third-order valence-corrected chi connectivity index (χ3v) is 7.29. The first-order chi connectivity index (χ1) is 14.9. The molecule has 3 rings (SSSR count). The molecule has 1 aliphatic carbocycles. The van der Waals surface area contributed by atoms with Gasteiger partial charge in [0.2, 0.25) is 0 Å². The van der Waals surface area contributed by atoms with Crippen LogP contribution in [0.4, 0.5) is 5.69 Å². The number of hydrogen-bond donors (Lipinski definition) is 1. The Kier molecular flexibility index (Phi) is 7.10. The maximum atomic E-state index is 6.09. The third kappa shape index (κ3) is 4.21. The van der Waals surface area contributed by atoms with Gasteiger partial charge in [-0.3, -0.25) is 0 Å². The van der Waals surface area contributed by atoms with E-state index in [1.165, 1.54) is 22.3 Å². The summed E-state index contributed by atoms with van der Waals surface area (Å²) < 4.78 is 6.09. The van der Waals surface area contributed by atoms with Gasteiger partial charge >= 0.3 is 0 Å². The summed E-state index contributed by atoms with van der Waals surface area (Å²) >= 11 is 0. The van der Waals surface area contributed by atoms with Crippen LogP contribution in [0, 0.1) is 12.8 Å². The number of nitrogens with two attached hydrogens (primary N) is 1. The molecule has 0 fully saturated rings. The SMILES string of the molecule is C=C/C(=C(/OC)C1=C(C)C(c2ccc(N)cc2)(C(C)CC)CCC1)c1ccc(C)cc1. The van der Waals surface area contributed by atoms with E-state index in [2.05, 4.69) is 70.7 Å². The fourth-order valence-corrected chi connectivity index (χ4v) is 5.33. The van der Waals surface area contributed by atoms with E-state index in [-0.39, 0.29) is 5.41 Å². The number of hydrogen-bond acceptors (Lipinski definition) is 2. The molecule has 0 amide bonds. The molecule has 31 heavy (non-hydrogen) atoms. The lowest BCUT2D eigenvalue weighted by atomic mass is 9.59. The predicted octanol–water partition coefficient (Wildman–Crippen LogP) is 7.61. The molecule has 2 aromatic rings. The zero-order valence-corrected chi connectivity index (χ0v) is 19.8. The van der Waals surface area contributed by atoms with Crippen LogP contribution in [-0.4, -0.2) is 7.11 Å². The van der Waals surface area contributed by atoms with Crippen molar-refractivity contribution >= 4 is 11.3 Å². The topological polar surface area (TPSA) is 35.2 Å². The molecule has 2 atom stereocenters. The van der Waals surface area contributed by atoms with Crippen molar-refractivity contribution in [3.63, 3.8) is 0 Å². The highest BCUT2D eigenvalue weighted by Gasteiger charge is 2.42. The first-order valence-electron chi connectivity index (χ1n) is 11.4. The second kappa shape index (κ2) is 9.60. The van der Waals surface area contributed by atoms with Crippen LogP contribution in [0.5, 0.6) is 0 Å². The average molecular weight is 416 g/mol. The Balaban J connectivity index is 2.26. The van der Waals surface area contributed by atoms with E-state index in [4.69, 9.17) is 10.5 Å². The van der Waals surface area contributed by atoms with Gasteiger partial charge in [0.25, 0.3) is 0 Å². The van der Waals surface area contributed by atoms with Gasteiger partial charge in [0.05, 0.1) is 7.11 Å². The number of rotatable bonds is 7. The highest BCUT2D eigenvalue weighted by Crippen LogP contribution is 2.51. The Morgan fingerprint density at radius 1 is 1.13 bits per heavy atom. The largest absolute Gasteiger partial charge is 0.496 e. The van der Waals surface area contributed by atoms with E-state index in [0.717, 1.165) is 48.3 Å². The number of ether oxygens (including phenoxy) is 1. The second-order valence-electron chi connectivity index (χ2n) is 8.88. The quantitative estimate of drug-likeness (QED) is 0.287. The lowest BCUT2D eigenvalue weighted by Gasteiger charge is -2.45. The van der Waals surface area contributed by atoms with Crippen LogP contribution in [0.3, 0.4) is 0 Å². The van der Waals surface area contributed by atoms with Gasteiger partial charge < -0.3 is 10.5 Å². The van der Waals surface area contributed by atoms with Crippen molar-refractivity contribution in [2.75, 3.05) is 12.8 Å². The summed E-state index contributed by atoms with van der Waals surface area (Å²) in [6, 6.07) is 17.1. The molecule has 0 saturated carbocycles. The molecule has 164 valence electrons. The van der Waals surface area contributed by atoms with Crippen LogP contribution >= 0.6 is 0 Å². The minimum atomic E-state index is -0.0145. The molecule has 2 N–H and O–H groups in total. The highest BCUT2D eigenvalue weighted by molar-refractivity contribution is 5.78. The fraction of sp³-hybridized carbons (Fsp3) is 0.379. The summed E-state index contributed by atoms with van der Waals surface area (Å²) in [4.78, 5) is 0. The number of methoxy groups -OCH3 is 1. The minimum Gasteiger partial charge on any atom is -0.496 e. The number of benzene rings is 2. The van der Waals surface area contributed by atoms with Crippen LogP contribution in [0.25, 0.3) is 5.57 Å². The van der Waals surface area contributed by atoms with Crippen LogP contribution in [0.1, 0.15) is 63.1 Å². The zero-order chi connectivity index (χ0) is 22.6. The van der Waals surface area contributed by atoms with E-state index >= 15 is 0 Å². The van der Waals surface area contributed by atoms with Gasteiger partial charge in [-0.1, -0.05) is 80.5 Å². The molecule has 2 nitrogen and oxygen atoms in total. The molecule has 2 aromatic carbocycles. The van der Waals surface area contributed by atoms with E-state index < -0.39 is 0 Å². The standard InChI is InChI=1S/C29H37NO/c1-7-21(4)29(24-15-17-25(30)18-16-24)19-9-10-27(22(29)5)28(31-6)26(8-2)23-13-11-20(3)12-14-23/h8,11-18,21H,2,7,9-10,19,30H2,1,3-6H3/b28-26-. The highest BCUT2D eigenvalue weighted by atomic mass is 16.5. The van der Waals surface area contributed by atoms with Gasteiger partial charge in [-0.2, -0.15) is 0 Å². The van der Waals surface area contributed by atoms with E-state index in [0.29, 0.717) is 5.92 Å². The van der Waals surface area contributed by atoms with Crippen molar-refractivity contribution in [1.29, 1.82) is 0 Å². The van der Waals surface area contributed by atoms with E-state index in [1.54, 1.807) is 7.11 Å². The Morgan fingerprint density at radius 2 is 1.77 bits per heavy atom. The van der Waals surface area contributed by atoms with E-state index in [1.807, 2.05) is 18.2 Å². The normalized spacial score (nSPS) is 20.8. The van der Waals surface area contributed by atoms with Crippen molar-refractivity contribution in [3.05, 3.63) is 94.8 Å². The Morgan fingerprint density at radius 3 is 2.32 bits per heavy atom. The summed E-state index contributed by atoms with van der Waals surface area (Å²) in [5, 5.41) is 0. The number of anilines is 1. The first kappa shape index (κ1) is 22.9. The van der Waals surface area contributed by atoms with Gasteiger partial charge in [0, 0.05) is 16.7 Å². The van der Waals surface area contributed by atoms with Gasteiger partial charge in [0.15, 0.2) is 0 Å². The van der Waals surface area contributed by atoms with Crippen LogP contribution in [0.15, 0.2) is 78.1 Å². The Labute approximate surface area is 188 Å². The molecular formula is C29H37NO. The summed E-state index contributed by atoms with van der Waals surface area (Å²) in [5.41, 5.74) is 14.4. The van der Waals surface area contributed by atoms with Crippen molar-refractivity contribution in [2.45, 2.75) is 58.8 Å². The van der Waals surface area contributed by atoms with Crippen LogP contribution in [-0.2, 0) is 10.2 Å². The molecule has 2 heteroatoms. The van der Waals surface area contributed by atoms with Gasteiger partial charge in [-0.15, -0.1) is 0 Å². The number of nitrogen functional groups attached to an aromatic ring is 1. The van der Waals surface area contributed by atoms with Gasteiger partial charge in [-0.05, 0) is 67.9 Å². The third-order valence-electron chi connectivity index (χ3n) is 7.29. The lowest BCUT2D eigenvalue weighted by Crippen LogP contribution is -2.38. The second-order valence-corrected chi connectivity index (χ2v) is 8.88. The smallest absolute Gasteiger partial charge is 0.129 e. The summed E-state index contributed by atoms with van der Waals surface area (Å²) in [6.45, 7) is 13.2. The van der Waals surface area contributed by atoms with Gasteiger partial charge in [-0.25, -0.2) is 0 Å². The summed E-state index contributed by atoms with van der Waals surface area (Å²) in [6.07, 6.45) is 6.35. The molecule has 2 unspecified atom stereocenters. The predicted molar refractivity (Wildman–Crippen MR) is 134 cm³/mol. The zero-order valence-electron chi connectivity index (χ0n) is 19.8. The molecule has 0 aliphatic heterocycles. The Bertz CT molecular complexity index is 978. The molecular weight excluding hydrogens is 378 g/mol. The van der Waals surface area contributed by atoms with Crippen LogP contribution < -0.4 is 5.73 Å². The number of aryl methyl sites for hydroxylation is 1. The number of allylic oxidation sites excluding steroid dienone is 4. The van der Waals surface area contributed by atoms with Crippen molar-refractivity contribution in [1.82, 2.24) is 0 Å². The van der Waals surface area contributed by atoms with Crippen molar-refractivity contribution in [3.8, 4) is 0 Å². The fourth-order valence-electron chi connectivity index (χ4n) is 5.33. The molecule has 0 heterocycles. The summed E-state index contributed by atoms with van der Waals surface area (Å²) in [5.74, 6) is 1.47. The lowest BCUT2D eigenvalue weighted by molar-refractivity contribution is 0.264. The molecule has 0 saturated heterocycles. The summed E-state index contributed by atoms with van der Waals surface area (Å²) in [7, 11) is 1.79. The molecule has 1 aliphatic rings. The Hall–Kier alpha value is -2.74. The van der Waals surface area contributed by atoms with Gasteiger partial charge in [0.1, 0.15) is 5.76 Å². The molecule has 0 spiro atoms. The minimum absolute atomic E-state index is 0.0145. The maximum Gasteiger partial charge on any atom is 0.129 e. The molecule has 0 bridgehead atoms.